The molecule has 0 radical (unpaired) electrons. The van der Waals surface area contributed by atoms with Crippen molar-refractivity contribution in [1.82, 2.24) is 4.31 Å². The lowest BCUT2D eigenvalue weighted by molar-refractivity contribution is 0.386. The van der Waals surface area contributed by atoms with Gasteiger partial charge in [-0.15, -0.1) is 0 Å². The molecule has 0 atom stereocenters. The fourth-order valence-corrected chi connectivity index (χ4v) is 4.99. The van der Waals surface area contributed by atoms with E-state index in [1.807, 2.05) is 19.1 Å². The Labute approximate surface area is 170 Å². The Morgan fingerprint density at radius 1 is 0.760 bits per heavy atom. The number of nitrogens with zero attached hydrogens (tertiary/aromatic N) is 1. The van der Waals surface area contributed by atoms with Gasteiger partial charge in [0, 0.05) is 23.7 Å². The molecule has 0 aliphatic heterocycles. The minimum Gasteiger partial charge on any atom is -0.207 e. The van der Waals surface area contributed by atoms with Crippen molar-refractivity contribution in [2.75, 3.05) is 23.7 Å². The fourth-order valence-electron chi connectivity index (χ4n) is 2.68. The summed E-state index contributed by atoms with van der Waals surface area (Å²) in [5.41, 5.74) is 1.08. The van der Waals surface area contributed by atoms with Crippen molar-refractivity contribution in [1.29, 1.82) is 0 Å². The molecule has 0 amide bonds. The van der Waals surface area contributed by atoms with Gasteiger partial charge in [-0.3, -0.25) is 0 Å². The van der Waals surface area contributed by atoms with Crippen molar-refractivity contribution in [3.63, 3.8) is 0 Å². The molecule has 0 aromatic heterocycles. The first-order valence-corrected chi connectivity index (χ1v) is 12.9. The maximum Gasteiger partial charge on any atom is 0.243 e. The highest BCUT2D eigenvalue weighted by molar-refractivity contribution is 9.09. The number of halogens is 2. The van der Waals surface area contributed by atoms with Crippen molar-refractivity contribution in [3.05, 3.63) is 29.8 Å². The largest absolute Gasteiger partial charge is 0.243 e. The van der Waals surface area contributed by atoms with Crippen LogP contribution in [0, 0.1) is 6.92 Å². The molecule has 25 heavy (non-hydrogen) atoms. The molecular formula is C19H31Br2NO2S. The Morgan fingerprint density at radius 3 is 1.64 bits per heavy atom. The summed E-state index contributed by atoms with van der Waals surface area (Å²) in [6.07, 6.45) is 8.61. The van der Waals surface area contributed by atoms with E-state index < -0.39 is 10.0 Å². The highest BCUT2D eigenvalue weighted by atomic mass is 79.9. The second-order valence-electron chi connectivity index (χ2n) is 6.42. The molecule has 6 heteroatoms. The lowest BCUT2D eigenvalue weighted by Crippen LogP contribution is -2.33. The molecule has 144 valence electrons. The van der Waals surface area contributed by atoms with E-state index in [1.165, 1.54) is 0 Å². The Balaban J connectivity index is 2.68. The highest BCUT2D eigenvalue weighted by Gasteiger charge is 2.23. The molecule has 0 unspecified atom stereocenters. The molecule has 1 aromatic rings. The van der Waals surface area contributed by atoms with E-state index in [9.17, 15) is 8.42 Å². The number of alkyl halides is 2. The first-order chi connectivity index (χ1) is 12.0. The molecule has 0 N–H and O–H groups in total. The van der Waals surface area contributed by atoms with Gasteiger partial charge in [-0.05, 0) is 44.7 Å². The SMILES string of the molecule is Cc1ccc(S(=O)(=O)N(CCCCCCBr)CCCCCCBr)cc1. The number of sulfonamides is 1. The second kappa shape index (κ2) is 13.3. The minimum atomic E-state index is -3.39. The molecule has 0 spiro atoms. The van der Waals surface area contributed by atoms with E-state index in [-0.39, 0.29) is 0 Å². The number of benzene rings is 1. The average molecular weight is 497 g/mol. The van der Waals surface area contributed by atoms with Crippen LogP contribution in [0.15, 0.2) is 29.2 Å². The molecule has 0 bridgehead atoms. The zero-order chi connectivity index (χ0) is 18.5. The zero-order valence-corrected chi connectivity index (χ0v) is 19.2. The molecule has 3 nitrogen and oxygen atoms in total. The molecular weight excluding hydrogens is 466 g/mol. The summed E-state index contributed by atoms with van der Waals surface area (Å²) in [6.45, 7) is 3.22. The lowest BCUT2D eigenvalue weighted by atomic mass is 10.2. The van der Waals surface area contributed by atoms with Crippen LogP contribution in [-0.2, 0) is 10.0 Å². The molecule has 0 saturated heterocycles. The third-order valence-corrected chi connectivity index (χ3v) is 7.28. The van der Waals surface area contributed by atoms with Crippen LogP contribution in [-0.4, -0.2) is 36.5 Å². The summed E-state index contributed by atoms with van der Waals surface area (Å²) in [5, 5.41) is 2.04. The van der Waals surface area contributed by atoms with Gasteiger partial charge in [0.25, 0.3) is 0 Å². The number of rotatable bonds is 14. The van der Waals surface area contributed by atoms with Crippen LogP contribution >= 0.6 is 31.9 Å². The third-order valence-electron chi connectivity index (χ3n) is 4.24. The van der Waals surface area contributed by atoms with Crippen molar-refractivity contribution in [2.45, 2.75) is 63.2 Å². The Bertz CT molecular complexity index is 547. The van der Waals surface area contributed by atoms with Gasteiger partial charge < -0.3 is 0 Å². The van der Waals surface area contributed by atoms with Crippen molar-refractivity contribution < 1.29 is 8.42 Å². The van der Waals surface area contributed by atoms with Crippen LogP contribution in [0.2, 0.25) is 0 Å². The van der Waals surface area contributed by atoms with Crippen LogP contribution in [0.25, 0.3) is 0 Å². The Morgan fingerprint density at radius 2 is 1.20 bits per heavy atom. The van der Waals surface area contributed by atoms with E-state index in [1.54, 1.807) is 16.4 Å². The predicted octanol–water partition coefficient (Wildman–Crippen LogP) is 5.90. The number of unbranched alkanes of at least 4 members (excludes halogenated alkanes) is 6. The van der Waals surface area contributed by atoms with Crippen LogP contribution in [0.1, 0.15) is 56.9 Å². The zero-order valence-electron chi connectivity index (χ0n) is 15.2. The topological polar surface area (TPSA) is 37.4 Å². The van der Waals surface area contributed by atoms with Crippen molar-refractivity contribution in [3.8, 4) is 0 Å². The van der Waals surface area contributed by atoms with Gasteiger partial charge in [-0.1, -0.05) is 75.2 Å². The predicted molar refractivity (Wildman–Crippen MR) is 114 cm³/mol. The Hall–Kier alpha value is 0.0900. The first-order valence-electron chi connectivity index (χ1n) is 9.21. The Kier molecular flexibility index (Phi) is 12.3. The van der Waals surface area contributed by atoms with Crippen LogP contribution < -0.4 is 0 Å². The standard InChI is InChI=1S/C19H31Br2NO2S/c1-18-10-12-19(13-11-18)25(23,24)22(16-8-4-2-6-14-20)17-9-5-3-7-15-21/h10-13H,2-9,14-17H2,1H3. The minimum absolute atomic E-state index is 0.416. The van der Waals surface area contributed by atoms with Gasteiger partial charge in [0.2, 0.25) is 10.0 Å². The normalized spacial score (nSPS) is 12.0. The summed E-state index contributed by atoms with van der Waals surface area (Å²) in [7, 11) is -3.39. The van der Waals surface area contributed by atoms with Crippen LogP contribution in [0.4, 0.5) is 0 Å². The second-order valence-corrected chi connectivity index (χ2v) is 9.95. The van der Waals surface area contributed by atoms with Crippen molar-refractivity contribution in [2.24, 2.45) is 0 Å². The van der Waals surface area contributed by atoms with E-state index >= 15 is 0 Å². The van der Waals surface area contributed by atoms with Gasteiger partial charge in [-0.25, -0.2) is 8.42 Å². The molecule has 0 fully saturated rings. The molecule has 0 aliphatic carbocycles. The summed E-state index contributed by atoms with van der Waals surface area (Å²) in [4.78, 5) is 0.416. The van der Waals surface area contributed by atoms with Gasteiger partial charge in [0.15, 0.2) is 0 Å². The number of hydrogen-bond acceptors (Lipinski definition) is 2. The summed E-state index contributed by atoms with van der Waals surface area (Å²) in [5.74, 6) is 0. The van der Waals surface area contributed by atoms with E-state index in [0.29, 0.717) is 18.0 Å². The smallest absolute Gasteiger partial charge is 0.207 e. The maximum atomic E-state index is 13.0. The first kappa shape index (κ1) is 23.1. The number of hydrogen-bond donors (Lipinski definition) is 0. The molecule has 0 aliphatic rings. The van der Waals surface area contributed by atoms with Gasteiger partial charge >= 0.3 is 0 Å². The molecule has 0 saturated carbocycles. The van der Waals surface area contributed by atoms with Gasteiger partial charge in [0.05, 0.1) is 4.90 Å². The molecule has 0 heterocycles. The average Bonchev–Trinajstić information content (AvgIpc) is 2.59. The quantitative estimate of drug-likeness (QED) is 0.237. The maximum absolute atomic E-state index is 13.0. The third kappa shape index (κ3) is 9.03. The lowest BCUT2D eigenvalue weighted by Gasteiger charge is -2.22. The molecule has 1 aromatic carbocycles. The number of aryl methyl sites for hydroxylation is 1. The fraction of sp³-hybridized carbons (Fsp3) is 0.684. The summed E-state index contributed by atoms with van der Waals surface area (Å²) in [6, 6.07) is 7.20. The van der Waals surface area contributed by atoms with E-state index in [0.717, 1.165) is 67.6 Å². The summed E-state index contributed by atoms with van der Waals surface area (Å²) < 4.78 is 27.7. The monoisotopic (exact) mass is 495 g/mol. The summed E-state index contributed by atoms with van der Waals surface area (Å²) >= 11 is 6.89. The van der Waals surface area contributed by atoms with E-state index in [2.05, 4.69) is 31.9 Å². The van der Waals surface area contributed by atoms with Crippen molar-refractivity contribution >= 4 is 41.9 Å². The van der Waals surface area contributed by atoms with Gasteiger partial charge in [0.1, 0.15) is 0 Å². The molecule has 1 rings (SSSR count). The highest BCUT2D eigenvalue weighted by Crippen LogP contribution is 2.19. The van der Waals surface area contributed by atoms with Gasteiger partial charge in [-0.2, -0.15) is 4.31 Å². The van der Waals surface area contributed by atoms with Crippen LogP contribution in [0.3, 0.4) is 0 Å². The van der Waals surface area contributed by atoms with Crippen LogP contribution in [0.5, 0.6) is 0 Å². The van der Waals surface area contributed by atoms with E-state index in [4.69, 9.17) is 0 Å².